The molecule has 0 spiro atoms. The van der Waals surface area contributed by atoms with E-state index in [9.17, 15) is 31.2 Å². The quantitative estimate of drug-likeness (QED) is 0.265. The Bertz CT molecular complexity index is 1900. The number of sulfone groups is 1. The van der Waals surface area contributed by atoms with E-state index >= 15 is 0 Å². The molecule has 2 bridgehead atoms. The van der Waals surface area contributed by atoms with E-state index in [1.807, 2.05) is 0 Å². The fraction of sp³-hybridized carbons (Fsp3) is 0.452. The van der Waals surface area contributed by atoms with Gasteiger partial charge in [0, 0.05) is 35.9 Å². The third kappa shape index (κ3) is 6.23. The number of carbonyl (C=O) groups is 2. The molecule has 1 saturated heterocycles. The minimum Gasteiger partial charge on any atom is -0.481 e. The average Bonchev–Trinajstić information content (AvgIpc) is 3.86. The van der Waals surface area contributed by atoms with Crippen molar-refractivity contribution in [3.63, 3.8) is 0 Å². The van der Waals surface area contributed by atoms with Gasteiger partial charge in [-0.1, -0.05) is 6.07 Å². The molecular formula is C31H32F3N7O7S. The van der Waals surface area contributed by atoms with Gasteiger partial charge in [-0.15, -0.1) is 0 Å². The number of alkyl halides is 3. The number of ether oxygens (including phenoxy) is 3. The number of methoxy groups -OCH3 is 1. The number of nitrogens with zero attached hydrogens (tertiary/aromatic N) is 4. The summed E-state index contributed by atoms with van der Waals surface area (Å²) >= 11 is 0. The van der Waals surface area contributed by atoms with Gasteiger partial charge in [-0.3, -0.25) is 14.5 Å². The Labute approximate surface area is 278 Å². The zero-order valence-corrected chi connectivity index (χ0v) is 27.0. The number of aromatic nitrogens is 3. The topological polar surface area (TPSA) is 174 Å². The first kappa shape index (κ1) is 33.0. The van der Waals surface area contributed by atoms with Crippen molar-refractivity contribution in [3.8, 4) is 11.8 Å². The molecule has 3 N–H and O–H groups in total. The number of pyridine rings is 1. The lowest BCUT2D eigenvalue weighted by molar-refractivity contribution is -0.172. The number of benzene rings is 1. The number of anilines is 3. The van der Waals surface area contributed by atoms with Crippen molar-refractivity contribution in [1.82, 2.24) is 19.9 Å². The van der Waals surface area contributed by atoms with Crippen molar-refractivity contribution in [2.24, 2.45) is 0 Å². The maximum Gasteiger partial charge on any atom is 0.501 e. The van der Waals surface area contributed by atoms with E-state index < -0.39 is 32.1 Å². The Morgan fingerprint density at radius 2 is 1.76 bits per heavy atom. The smallest absolute Gasteiger partial charge is 0.481 e. The standard InChI is InChI=1S/C31H32F3N7O7S/c1-46-23-12-21(26(42)38-18-3-2-4-20(11-18)49(44,45)31(32,33)34)22(13-35-23)39-27(43)24-25(36-17-37-28(24)48-19-5-6-19)40-29-14-30(15-29,16-29)41-7-9-47-10-8-41/h2-4,11-13,17,19H,5-10,14-16H2,1H3,(H,38,42)(H,39,43)(H,36,37,40). The summed E-state index contributed by atoms with van der Waals surface area (Å²) in [5, 5.41) is 8.55. The largest absolute Gasteiger partial charge is 0.501 e. The molecule has 5 aliphatic rings. The third-order valence-corrected chi connectivity index (χ3v) is 10.7. The van der Waals surface area contributed by atoms with Gasteiger partial charge in [0.2, 0.25) is 11.8 Å². The number of hydrogen-bond acceptors (Lipinski definition) is 12. The maximum atomic E-state index is 14.0. The minimum absolute atomic E-state index is 0.00229. The van der Waals surface area contributed by atoms with Gasteiger partial charge in [0.05, 0.1) is 42.7 Å². The summed E-state index contributed by atoms with van der Waals surface area (Å²) in [7, 11) is -4.36. The van der Waals surface area contributed by atoms with Crippen LogP contribution in [0.5, 0.6) is 11.8 Å². The van der Waals surface area contributed by atoms with Gasteiger partial charge in [-0.05, 0) is 50.3 Å². The Hall–Kier alpha value is -4.55. The normalized spacial score (nSPS) is 23.4. The third-order valence-electron chi connectivity index (χ3n) is 9.20. The zero-order chi connectivity index (χ0) is 34.6. The van der Waals surface area contributed by atoms with Gasteiger partial charge in [-0.25, -0.2) is 23.4 Å². The number of amides is 2. The van der Waals surface area contributed by atoms with Crippen LogP contribution in [0, 0.1) is 0 Å². The first-order chi connectivity index (χ1) is 23.3. The van der Waals surface area contributed by atoms with Gasteiger partial charge >= 0.3 is 5.51 Å². The molecule has 1 aromatic carbocycles. The Kier molecular flexibility index (Phi) is 8.14. The zero-order valence-electron chi connectivity index (χ0n) is 26.2. The number of carbonyl (C=O) groups excluding carboxylic acids is 2. The van der Waals surface area contributed by atoms with Crippen LogP contribution < -0.4 is 25.4 Å². The molecule has 0 unspecified atom stereocenters. The highest BCUT2D eigenvalue weighted by atomic mass is 32.2. The summed E-state index contributed by atoms with van der Waals surface area (Å²) < 4.78 is 80.0. The molecule has 4 aliphatic carbocycles. The summed E-state index contributed by atoms with van der Waals surface area (Å²) in [6.07, 6.45) is 6.64. The van der Waals surface area contributed by atoms with Crippen molar-refractivity contribution < 1.29 is 45.4 Å². The second kappa shape index (κ2) is 12.1. The number of morpholine rings is 1. The summed E-state index contributed by atoms with van der Waals surface area (Å²) in [4.78, 5) is 41.6. The van der Waals surface area contributed by atoms with E-state index in [0.29, 0.717) is 19.3 Å². The van der Waals surface area contributed by atoms with Crippen LogP contribution in [0.2, 0.25) is 0 Å². The number of hydrogen-bond donors (Lipinski definition) is 3. The number of nitrogens with one attached hydrogen (secondary N) is 3. The van der Waals surface area contributed by atoms with Crippen LogP contribution in [-0.2, 0) is 14.6 Å². The second-order valence-electron chi connectivity index (χ2n) is 12.6. The van der Waals surface area contributed by atoms with Gasteiger partial charge in [0.15, 0.2) is 0 Å². The molecule has 1 aliphatic heterocycles. The molecule has 18 heteroatoms. The molecule has 14 nitrogen and oxygen atoms in total. The molecule has 2 amide bonds. The first-order valence-corrected chi connectivity index (χ1v) is 17.0. The van der Waals surface area contributed by atoms with Crippen molar-refractivity contribution in [1.29, 1.82) is 0 Å². The minimum atomic E-state index is -5.67. The molecular weight excluding hydrogens is 671 g/mol. The Morgan fingerprint density at radius 3 is 2.43 bits per heavy atom. The number of rotatable bonds is 11. The highest BCUT2D eigenvalue weighted by molar-refractivity contribution is 7.92. The van der Waals surface area contributed by atoms with Crippen LogP contribution in [0.4, 0.5) is 30.4 Å². The van der Waals surface area contributed by atoms with Crippen LogP contribution in [0.1, 0.15) is 52.8 Å². The van der Waals surface area contributed by atoms with Crippen LogP contribution >= 0.6 is 0 Å². The monoisotopic (exact) mass is 703 g/mol. The molecule has 260 valence electrons. The lowest BCUT2D eigenvalue weighted by Crippen LogP contribution is -2.82. The van der Waals surface area contributed by atoms with E-state index in [1.54, 1.807) is 0 Å². The lowest BCUT2D eigenvalue weighted by atomic mass is 9.43. The Morgan fingerprint density at radius 1 is 1.02 bits per heavy atom. The predicted molar refractivity (Wildman–Crippen MR) is 167 cm³/mol. The van der Waals surface area contributed by atoms with Gasteiger partial charge in [-0.2, -0.15) is 13.2 Å². The molecule has 4 saturated carbocycles. The van der Waals surface area contributed by atoms with E-state index in [-0.39, 0.29) is 57.3 Å². The Balaban J connectivity index is 1.14. The van der Waals surface area contributed by atoms with Gasteiger partial charge in [0.1, 0.15) is 23.8 Å². The molecule has 3 heterocycles. The highest BCUT2D eigenvalue weighted by Crippen LogP contribution is 2.65. The highest BCUT2D eigenvalue weighted by Gasteiger charge is 2.70. The first-order valence-electron chi connectivity index (χ1n) is 15.5. The van der Waals surface area contributed by atoms with Gasteiger partial charge < -0.3 is 30.2 Å². The molecule has 8 rings (SSSR count). The SMILES string of the molecule is COc1cc(C(=O)Nc2cccc(S(=O)(=O)C(F)(F)F)c2)c(NC(=O)c2c(NC34CC(N5CCOCC5)(C3)C4)ncnc2OC2CC2)cn1. The van der Waals surface area contributed by atoms with Crippen LogP contribution in [0.3, 0.4) is 0 Å². The van der Waals surface area contributed by atoms with Crippen LogP contribution in [-0.4, -0.2) is 96.2 Å². The average molecular weight is 704 g/mol. The summed E-state index contributed by atoms with van der Waals surface area (Å²) in [6.45, 7) is 3.15. The molecule has 49 heavy (non-hydrogen) atoms. The molecule has 2 aromatic heterocycles. The molecule has 0 radical (unpaired) electrons. The predicted octanol–water partition coefficient (Wildman–Crippen LogP) is 3.64. The van der Waals surface area contributed by atoms with E-state index in [4.69, 9.17) is 14.2 Å². The van der Waals surface area contributed by atoms with Crippen LogP contribution in [0.15, 0.2) is 47.8 Å². The fourth-order valence-electron chi connectivity index (χ4n) is 6.69. The molecule has 5 fully saturated rings. The van der Waals surface area contributed by atoms with Crippen molar-refractivity contribution in [2.75, 3.05) is 49.4 Å². The van der Waals surface area contributed by atoms with E-state index in [0.717, 1.165) is 57.3 Å². The van der Waals surface area contributed by atoms with E-state index in [1.165, 1.54) is 31.8 Å². The molecule has 0 atom stereocenters. The summed E-state index contributed by atoms with van der Waals surface area (Å²) in [5.41, 5.74) is -6.14. The van der Waals surface area contributed by atoms with Crippen molar-refractivity contribution >= 4 is 38.8 Å². The van der Waals surface area contributed by atoms with Crippen molar-refractivity contribution in [3.05, 3.63) is 54.0 Å². The lowest BCUT2D eigenvalue weighted by Gasteiger charge is -2.74. The number of halogens is 3. The van der Waals surface area contributed by atoms with Gasteiger partial charge in [0.25, 0.3) is 21.7 Å². The van der Waals surface area contributed by atoms with Crippen LogP contribution in [0.25, 0.3) is 0 Å². The molecule has 3 aromatic rings. The fourth-order valence-corrected chi connectivity index (χ4v) is 7.49. The summed E-state index contributed by atoms with van der Waals surface area (Å²) in [5.74, 6) is -1.25. The second-order valence-corrected chi connectivity index (χ2v) is 14.6. The maximum absolute atomic E-state index is 14.0. The summed E-state index contributed by atoms with van der Waals surface area (Å²) in [6, 6.07) is 4.95. The van der Waals surface area contributed by atoms with Crippen molar-refractivity contribution in [2.45, 2.75) is 59.7 Å². The van der Waals surface area contributed by atoms with E-state index in [2.05, 4.69) is 35.8 Å².